The molecule has 9 heteroatoms. The molecule has 3 aromatic rings. The zero-order valence-electron chi connectivity index (χ0n) is 15.1. The average Bonchev–Trinajstić information content (AvgIpc) is 3.37. The third kappa shape index (κ3) is 4.14. The summed E-state index contributed by atoms with van der Waals surface area (Å²) in [5, 5.41) is 11.2. The highest BCUT2D eigenvalue weighted by Gasteiger charge is 2.33. The van der Waals surface area contributed by atoms with E-state index in [1.165, 1.54) is 36.4 Å². The fourth-order valence-electron chi connectivity index (χ4n) is 3.27. The van der Waals surface area contributed by atoms with Crippen molar-refractivity contribution in [1.82, 2.24) is 15.1 Å². The van der Waals surface area contributed by atoms with Crippen LogP contribution in [0.15, 0.2) is 48.5 Å². The lowest BCUT2D eigenvalue weighted by molar-refractivity contribution is 0.0734. The maximum absolute atomic E-state index is 13.5. The number of nitrogens with zero attached hydrogens (tertiary/aromatic N) is 3. The van der Waals surface area contributed by atoms with E-state index < -0.39 is 17.5 Å². The fourth-order valence-corrected chi connectivity index (χ4v) is 4.15. The van der Waals surface area contributed by atoms with E-state index in [-0.39, 0.29) is 22.5 Å². The van der Waals surface area contributed by atoms with Gasteiger partial charge in [0.05, 0.1) is 6.04 Å². The number of nitrogens with one attached hydrogen (secondary N) is 1. The van der Waals surface area contributed by atoms with Crippen molar-refractivity contribution in [2.45, 2.75) is 18.9 Å². The van der Waals surface area contributed by atoms with Crippen molar-refractivity contribution < 1.29 is 18.4 Å². The van der Waals surface area contributed by atoms with Crippen LogP contribution in [0.3, 0.4) is 0 Å². The van der Waals surface area contributed by atoms with Gasteiger partial charge in [0.25, 0.3) is 11.8 Å². The molecular weight excluding hydrogens is 398 g/mol. The zero-order chi connectivity index (χ0) is 20.4. The van der Waals surface area contributed by atoms with Crippen molar-refractivity contribution in [1.29, 1.82) is 0 Å². The Bertz CT molecular complexity index is 1070. The molecule has 1 atom stereocenters. The van der Waals surface area contributed by atoms with Gasteiger partial charge in [0, 0.05) is 17.8 Å². The number of benzene rings is 2. The van der Waals surface area contributed by atoms with Gasteiger partial charge in [0.15, 0.2) is 0 Å². The number of likely N-dealkylation sites (tertiary alicyclic amines) is 1. The van der Waals surface area contributed by atoms with Crippen LogP contribution in [0.2, 0.25) is 0 Å². The molecule has 2 heterocycles. The number of aromatic nitrogens is 2. The summed E-state index contributed by atoms with van der Waals surface area (Å²) in [6.07, 6.45) is 1.46. The summed E-state index contributed by atoms with van der Waals surface area (Å²) in [4.78, 5) is 26.8. The predicted molar refractivity (Wildman–Crippen MR) is 104 cm³/mol. The van der Waals surface area contributed by atoms with E-state index in [2.05, 4.69) is 15.5 Å². The van der Waals surface area contributed by atoms with Crippen molar-refractivity contribution in [3.63, 3.8) is 0 Å². The maximum atomic E-state index is 13.5. The second-order valence-corrected chi connectivity index (χ2v) is 7.59. The standard InChI is InChI=1S/C20H16F2N4O2S/c21-13-5-1-4-12(10-13)20(28)26-9-3-8-16(26)18-24-25-19(29-18)17(27)23-15-7-2-6-14(22)11-15/h1-2,4-7,10-11,16H,3,8-9H2,(H,23,27)/t16-/m0/s1. The molecule has 0 aliphatic carbocycles. The van der Waals surface area contributed by atoms with Gasteiger partial charge in [0.1, 0.15) is 16.6 Å². The summed E-state index contributed by atoms with van der Waals surface area (Å²) in [6, 6.07) is 10.8. The first-order valence-electron chi connectivity index (χ1n) is 8.98. The summed E-state index contributed by atoms with van der Waals surface area (Å²) in [6.45, 7) is 0.518. The number of hydrogen-bond donors (Lipinski definition) is 1. The fraction of sp³-hybridized carbons (Fsp3) is 0.200. The monoisotopic (exact) mass is 414 g/mol. The van der Waals surface area contributed by atoms with E-state index in [1.54, 1.807) is 17.0 Å². The number of rotatable bonds is 4. The van der Waals surface area contributed by atoms with E-state index in [9.17, 15) is 18.4 Å². The highest BCUT2D eigenvalue weighted by atomic mass is 32.1. The lowest BCUT2D eigenvalue weighted by Crippen LogP contribution is -2.30. The van der Waals surface area contributed by atoms with Gasteiger partial charge in [-0.05, 0) is 49.2 Å². The van der Waals surface area contributed by atoms with Crippen LogP contribution in [-0.4, -0.2) is 33.5 Å². The number of anilines is 1. The van der Waals surface area contributed by atoms with E-state index in [1.807, 2.05) is 0 Å². The zero-order valence-corrected chi connectivity index (χ0v) is 16.0. The molecule has 0 radical (unpaired) electrons. The smallest absolute Gasteiger partial charge is 0.286 e. The summed E-state index contributed by atoms with van der Waals surface area (Å²) in [5.74, 6) is -1.72. The summed E-state index contributed by atoms with van der Waals surface area (Å²) in [7, 11) is 0. The van der Waals surface area contributed by atoms with Gasteiger partial charge in [-0.2, -0.15) is 0 Å². The van der Waals surface area contributed by atoms with Crippen LogP contribution in [0.25, 0.3) is 0 Å². The molecule has 0 spiro atoms. The molecule has 1 aliphatic rings. The van der Waals surface area contributed by atoms with Crippen LogP contribution in [-0.2, 0) is 0 Å². The molecule has 1 N–H and O–H groups in total. The van der Waals surface area contributed by atoms with Crippen LogP contribution in [0.4, 0.5) is 14.5 Å². The number of amides is 2. The number of halogens is 2. The Morgan fingerprint density at radius 1 is 1.07 bits per heavy atom. The Hall–Kier alpha value is -3.20. The molecule has 0 unspecified atom stereocenters. The van der Waals surface area contributed by atoms with E-state index in [0.29, 0.717) is 23.7 Å². The van der Waals surface area contributed by atoms with E-state index in [0.717, 1.165) is 17.8 Å². The first-order chi connectivity index (χ1) is 14.0. The molecule has 2 amide bonds. The summed E-state index contributed by atoms with van der Waals surface area (Å²) in [5.41, 5.74) is 0.584. The average molecular weight is 414 g/mol. The van der Waals surface area contributed by atoms with Crippen LogP contribution in [0, 0.1) is 11.6 Å². The molecule has 1 fully saturated rings. The molecule has 4 rings (SSSR count). The minimum atomic E-state index is -0.500. The highest BCUT2D eigenvalue weighted by molar-refractivity contribution is 7.13. The van der Waals surface area contributed by atoms with Gasteiger partial charge in [-0.15, -0.1) is 10.2 Å². The molecule has 29 heavy (non-hydrogen) atoms. The van der Waals surface area contributed by atoms with Crippen molar-refractivity contribution in [3.05, 3.63) is 75.7 Å². The molecule has 6 nitrogen and oxygen atoms in total. The SMILES string of the molecule is O=C(Nc1cccc(F)c1)c1nnc([C@@H]2CCCN2C(=O)c2cccc(F)c2)s1. The largest absolute Gasteiger partial charge is 0.329 e. The van der Waals surface area contributed by atoms with Gasteiger partial charge < -0.3 is 10.2 Å². The number of carbonyl (C=O) groups is 2. The van der Waals surface area contributed by atoms with Crippen molar-refractivity contribution in [3.8, 4) is 0 Å². The molecule has 0 saturated carbocycles. The third-order valence-corrected chi connectivity index (χ3v) is 5.61. The first kappa shape index (κ1) is 19.1. The number of hydrogen-bond acceptors (Lipinski definition) is 5. The van der Waals surface area contributed by atoms with Gasteiger partial charge in [-0.25, -0.2) is 8.78 Å². The molecule has 2 aromatic carbocycles. The Balaban J connectivity index is 1.50. The Kier molecular flexibility index (Phi) is 5.30. The Morgan fingerprint density at radius 2 is 1.83 bits per heavy atom. The minimum absolute atomic E-state index is 0.120. The summed E-state index contributed by atoms with van der Waals surface area (Å²) < 4.78 is 26.7. The Morgan fingerprint density at radius 3 is 2.59 bits per heavy atom. The molecule has 1 aliphatic heterocycles. The first-order valence-corrected chi connectivity index (χ1v) is 9.80. The summed E-state index contributed by atoms with van der Waals surface area (Å²) >= 11 is 1.09. The second-order valence-electron chi connectivity index (χ2n) is 6.58. The maximum Gasteiger partial charge on any atom is 0.286 e. The van der Waals surface area contributed by atoms with Gasteiger partial charge >= 0.3 is 0 Å². The van der Waals surface area contributed by atoms with Crippen molar-refractivity contribution >= 4 is 28.8 Å². The van der Waals surface area contributed by atoms with Crippen LogP contribution < -0.4 is 5.32 Å². The van der Waals surface area contributed by atoms with Crippen molar-refractivity contribution in [2.75, 3.05) is 11.9 Å². The topological polar surface area (TPSA) is 75.2 Å². The molecular formula is C20H16F2N4O2S. The van der Waals surface area contributed by atoms with Gasteiger partial charge in [-0.3, -0.25) is 9.59 Å². The molecule has 0 bridgehead atoms. The Labute approximate surface area is 169 Å². The number of carbonyl (C=O) groups excluding carboxylic acids is 2. The van der Waals surface area contributed by atoms with Crippen LogP contribution >= 0.6 is 11.3 Å². The lowest BCUT2D eigenvalue weighted by Gasteiger charge is -2.22. The van der Waals surface area contributed by atoms with E-state index in [4.69, 9.17) is 0 Å². The van der Waals surface area contributed by atoms with Crippen LogP contribution in [0.5, 0.6) is 0 Å². The lowest BCUT2D eigenvalue weighted by atomic mass is 10.1. The molecule has 1 saturated heterocycles. The molecule has 148 valence electrons. The van der Waals surface area contributed by atoms with Crippen molar-refractivity contribution in [2.24, 2.45) is 0 Å². The van der Waals surface area contributed by atoms with E-state index >= 15 is 0 Å². The van der Waals surface area contributed by atoms with Gasteiger partial charge in [-0.1, -0.05) is 23.5 Å². The minimum Gasteiger partial charge on any atom is -0.329 e. The predicted octanol–water partition coefficient (Wildman–Crippen LogP) is 4.05. The molecule has 1 aromatic heterocycles. The highest BCUT2D eigenvalue weighted by Crippen LogP contribution is 2.34. The van der Waals surface area contributed by atoms with Gasteiger partial charge in [0.2, 0.25) is 5.01 Å². The normalized spacial score (nSPS) is 16.1. The second kappa shape index (κ2) is 8.04. The quantitative estimate of drug-likeness (QED) is 0.699. The third-order valence-electron chi connectivity index (χ3n) is 4.59. The van der Waals surface area contributed by atoms with Crippen LogP contribution in [0.1, 0.15) is 44.1 Å².